The van der Waals surface area contributed by atoms with Gasteiger partial charge in [-0.1, -0.05) is 35.9 Å². The van der Waals surface area contributed by atoms with Crippen molar-refractivity contribution in [1.82, 2.24) is 14.9 Å². The van der Waals surface area contributed by atoms with E-state index in [9.17, 15) is 0 Å². The van der Waals surface area contributed by atoms with Gasteiger partial charge in [-0.3, -0.25) is 4.90 Å². The second-order valence-electron chi connectivity index (χ2n) is 8.76. The molecule has 2 heterocycles. The van der Waals surface area contributed by atoms with Crippen LogP contribution in [-0.2, 0) is 4.74 Å². The van der Waals surface area contributed by atoms with Crippen molar-refractivity contribution in [3.8, 4) is 11.5 Å². The Labute approximate surface area is 221 Å². The fraction of sp³-hybridized carbons (Fsp3) is 0.286. The number of morpholine rings is 1. The first-order valence-corrected chi connectivity index (χ1v) is 12.7. The van der Waals surface area contributed by atoms with Crippen molar-refractivity contribution in [2.24, 2.45) is 0 Å². The van der Waals surface area contributed by atoms with E-state index in [1.54, 1.807) is 13.2 Å². The van der Waals surface area contributed by atoms with E-state index in [1.165, 1.54) is 0 Å². The van der Waals surface area contributed by atoms with Crippen molar-refractivity contribution in [1.29, 1.82) is 0 Å². The number of halogens is 1. The van der Waals surface area contributed by atoms with Crippen molar-refractivity contribution >= 4 is 45.6 Å². The monoisotopic (exact) mass is 519 g/mol. The molecule has 5 rings (SSSR count). The maximum atomic E-state index is 6.49. The number of aryl methyl sites for hydroxylation is 1. The number of benzene rings is 3. The highest BCUT2D eigenvalue weighted by molar-refractivity contribution is 6.33. The molecule has 8 nitrogen and oxygen atoms in total. The summed E-state index contributed by atoms with van der Waals surface area (Å²) in [5.74, 6) is 2.45. The molecule has 1 saturated heterocycles. The molecule has 1 aliphatic rings. The Hall–Kier alpha value is -3.59. The summed E-state index contributed by atoms with van der Waals surface area (Å²) in [6, 6.07) is 19.4. The van der Waals surface area contributed by atoms with E-state index in [4.69, 9.17) is 35.8 Å². The van der Waals surface area contributed by atoms with Gasteiger partial charge in [-0.2, -0.15) is 4.98 Å². The first-order valence-electron chi connectivity index (χ1n) is 12.3. The molecule has 4 aromatic rings. The average molecular weight is 520 g/mol. The highest BCUT2D eigenvalue weighted by atomic mass is 35.5. The Kier molecular flexibility index (Phi) is 7.89. The molecule has 0 amide bonds. The third-order valence-corrected chi connectivity index (χ3v) is 6.59. The molecule has 0 spiro atoms. The molecule has 0 atom stereocenters. The number of methoxy groups -OCH3 is 1. The Balaban J connectivity index is 1.49. The summed E-state index contributed by atoms with van der Waals surface area (Å²) in [7, 11) is 1.61. The Bertz CT molecular complexity index is 1380. The van der Waals surface area contributed by atoms with Crippen LogP contribution in [0, 0.1) is 6.92 Å². The lowest BCUT2D eigenvalue weighted by molar-refractivity contribution is 0.0323. The lowest BCUT2D eigenvalue weighted by Crippen LogP contribution is -2.38. The molecule has 1 aromatic heterocycles. The lowest BCUT2D eigenvalue weighted by atomic mass is 10.2. The number of rotatable bonds is 9. The van der Waals surface area contributed by atoms with Crippen LogP contribution in [0.1, 0.15) is 5.56 Å². The van der Waals surface area contributed by atoms with Gasteiger partial charge in [0.2, 0.25) is 5.95 Å². The molecule has 192 valence electrons. The molecular weight excluding hydrogens is 490 g/mol. The Morgan fingerprint density at radius 1 is 0.973 bits per heavy atom. The largest absolute Gasteiger partial charge is 0.497 e. The minimum Gasteiger partial charge on any atom is -0.497 e. The van der Waals surface area contributed by atoms with Crippen LogP contribution in [0.15, 0.2) is 60.7 Å². The summed E-state index contributed by atoms with van der Waals surface area (Å²) in [6.45, 7) is 6.80. The van der Waals surface area contributed by atoms with Crippen LogP contribution in [0.3, 0.4) is 0 Å². The standard InChI is InChI=1S/C28H30ClN5O3/c1-19-6-3-4-8-23(19)30-27-21-7-5-9-25(37-17-14-34-12-15-36-16-13-34)26(21)32-28(33-27)31-24-11-10-20(35-2)18-22(24)29/h3-11,18H,12-17H2,1-2H3,(H2,30,31,32,33). The predicted octanol–water partition coefficient (Wildman–Crippen LogP) is 5.80. The normalized spacial score (nSPS) is 13.9. The summed E-state index contributed by atoms with van der Waals surface area (Å²) in [5.41, 5.74) is 3.46. The van der Waals surface area contributed by atoms with E-state index in [2.05, 4.69) is 28.5 Å². The summed E-state index contributed by atoms with van der Waals surface area (Å²) < 4.78 is 17.0. The van der Waals surface area contributed by atoms with E-state index in [0.717, 1.165) is 49.5 Å². The molecule has 0 unspecified atom stereocenters. The number of nitrogens with one attached hydrogen (secondary N) is 2. The lowest BCUT2D eigenvalue weighted by Gasteiger charge is -2.26. The zero-order valence-electron chi connectivity index (χ0n) is 21.0. The molecule has 0 aliphatic carbocycles. The van der Waals surface area contributed by atoms with Crippen LogP contribution >= 0.6 is 11.6 Å². The van der Waals surface area contributed by atoms with Crippen LogP contribution < -0.4 is 20.1 Å². The molecule has 0 bridgehead atoms. The summed E-state index contributed by atoms with van der Waals surface area (Å²) in [4.78, 5) is 12.0. The van der Waals surface area contributed by atoms with Crippen molar-refractivity contribution in [3.63, 3.8) is 0 Å². The van der Waals surface area contributed by atoms with Crippen LogP contribution in [0.5, 0.6) is 11.5 Å². The fourth-order valence-electron chi connectivity index (χ4n) is 4.19. The van der Waals surface area contributed by atoms with Crippen LogP contribution in [0.2, 0.25) is 5.02 Å². The topological polar surface area (TPSA) is 80.8 Å². The van der Waals surface area contributed by atoms with Gasteiger partial charge < -0.3 is 24.8 Å². The number of hydrogen-bond donors (Lipinski definition) is 2. The summed E-state index contributed by atoms with van der Waals surface area (Å²) in [6.07, 6.45) is 0. The molecular formula is C28H30ClN5O3. The highest BCUT2D eigenvalue weighted by Gasteiger charge is 2.15. The van der Waals surface area contributed by atoms with Gasteiger partial charge in [-0.05, 0) is 42.8 Å². The molecule has 1 fully saturated rings. The molecule has 0 radical (unpaired) electrons. The molecule has 1 aliphatic heterocycles. The van der Waals surface area contributed by atoms with Crippen LogP contribution in [0.25, 0.3) is 10.9 Å². The van der Waals surface area contributed by atoms with Crippen molar-refractivity contribution in [2.45, 2.75) is 6.92 Å². The van der Waals surface area contributed by atoms with E-state index < -0.39 is 0 Å². The molecule has 2 N–H and O–H groups in total. The van der Waals surface area contributed by atoms with Crippen molar-refractivity contribution in [3.05, 3.63) is 71.2 Å². The molecule has 9 heteroatoms. The number of ether oxygens (including phenoxy) is 3. The maximum absolute atomic E-state index is 6.49. The smallest absolute Gasteiger partial charge is 0.229 e. The van der Waals surface area contributed by atoms with Crippen molar-refractivity contribution < 1.29 is 14.2 Å². The SMILES string of the molecule is COc1ccc(Nc2nc(Nc3ccccc3C)c3cccc(OCCN4CCOCC4)c3n2)c(Cl)c1. The Morgan fingerprint density at radius 2 is 1.81 bits per heavy atom. The van der Waals surface area contributed by atoms with E-state index in [1.807, 2.05) is 48.5 Å². The minimum atomic E-state index is 0.403. The second kappa shape index (κ2) is 11.6. The fourth-order valence-corrected chi connectivity index (χ4v) is 4.41. The second-order valence-corrected chi connectivity index (χ2v) is 9.17. The number of para-hydroxylation sites is 2. The van der Waals surface area contributed by atoms with Gasteiger partial charge in [0.15, 0.2) is 0 Å². The first kappa shape index (κ1) is 25.1. The third kappa shape index (κ3) is 6.05. The molecule has 3 aromatic carbocycles. The molecule has 37 heavy (non-hydrogen) atoms. The predicted molar refractivity (Wildman–Crippen MR) is 148 cm³/mol. The van der Waals surface area contributed by atoms with Gasteiger partial charge in [0, 0.05) is 36.8 Å². The van der Waals surface area contributed by atoms with Gasteiger partial charge in [-0.25, -0.2) is 4.98 Å². The number of anilines is 4. The number of nitrogens with zero attached hydrogens (tertiary/aromatic N) is 3. The number of aromatic nitrogens is 2. The van der Waals surface area contributed by atoms with Crippen LogP contribution in [-0.4, -0.2) is 61.4 Å². The highest BCUT2D eigenvalue weighted by Crippen LogP contribution is 2.34. The number of fused-ring (bicyclic) bond motifs is 1. The van der Waals surface area contributed by atoms with Gasteiger partial charge in [-0.15, -0.1) is 0 Å². The quantitative estimate of drug-likeness (QED) is 0.287. The van der Waals surface area contributed by atoms with Crippen molar-refractivity contribution in [2.75, 3.05) is 57.2 Å². The summed E-state index contributed by atoms with van der Waals surface area (Å²) in [5, 5.41) is 8.12. The van der Waals surface area contributed by atoms with E-state index in [-0.39, 0.29) is 0 Å². The Morgan fingerprint density at radius 3 is 2.59 bits per heavy atom. The van der Waals surface area contributed by atoms with Gasteiger partial charge in [0.1, 0.15) is 29.4 Å². The van der Waals surface area contributed by atoms with E-state index >= 15 is 0 Å². The van der Waals surface area contributed by atoms with Gasteiger partial charge in [0.25, 0.3) is 0 Å². The van der Waals surface area contributed by atoms with Gasteiger partial charge in [0.05, 0.1) is 31.0 Å². The minimum absolute atomic E-state index is 0.403. The number of hydrogen-bond acceptors (Lipinski definition) is 8. The molecule has 0 saturated carbocycles. The average Bonchev–Trinajstić information content (AvgIpc) is 2.92. The zero-order valence-corrected chi connectivity index (χ0v) is 21.7. The van der Waals surface area contributed by atoms with E-state index in [0.29, 0.717) is 46.1 Å². The zero-order chi connectivity index (χ0) is 25.6. The maximum Gasteiger partial charge on any atom is 0.229 e. The first-order chi connectivity index (χ1) is 18.1. The third-order valence-electron chi connectivity index (χ3n) is 6.28. The summed E-state index contributed by atoms with van der Waals surface area (Å²) >= 11 is 6.49. The van der Waals surface area contributed by atoms with Gasteiger partial charge >= 0.3 is 0 Å². The van der Waals surface area contributed by atoms with Crippen LogP contribution in [0.4, 0.5) is 23.1 Å².